The number of rotatable bonds is 9. The lowest BCUT2D eigenvalue weighted by Gasteiger charge is -2.15. The van der Waals surface area contributed by atoms with E-state index in [1.807, 2.05) is 23.1 Å². The highest BCUT2D eigenvalue weighted by Crippen LogP contribution is 2.15. The summed E-state index contributed by atoms with van der Waals surface area (Å²) in [7, 11) is 0. The van der Waals surface area contributed by atoms with Crippen molar-refractivity contribution in [2.75, 3.05) is 19.6 Å². The fraction of sp³-hybridized carbons (Fsp3) is 0.381. The van der Waals surface area contributed by atoms with Crippen molar-refractivity contribution in [3.05, 3.63) is 65.5 Å². The highest BCUT2D eigenvalue weighted by molar-refractivity contribution is 5.85. The number of likely N-dealkylation sites (tertiary alicyclic amines) is 1. The smallest absolute Gasteiger partial charge is 0.222 e. The zero-order valence-corrected chi connectivity index (χ0v) is 16.1. The van der Waals surface area contributed by atoms with Crippen LogP contribution in [0.15, 0.2) is 48.5 Å². The maximum absolute atomic E-state index is 12.9. The molecule has 1 saturated heterocycles. The van der Waals surface area contributed by atoms with E-state index in [2.05, 4.69) is 11.4 Å². The van der Waals surface area contributed by atoms with Crippen LogP contribution in [0.3, 0.4) is 0 Å². The van der Waals surface area contributed by atoms with Gasteiger partial charge in [-0.2, -0.15) is 0 Å². The van der Waals surface area contributed by atoms with Gasteiger partial charge in [-0.3, -0.25) is 4.79 Å². The van der Waals surface area contributed by atoms with Crippen molar-refractivity contribution < 1.29 is 13.9 Å². The molecule has 0 aliphatic carbocycles. The fourth-order valence-electron chi connectivity index (χ4n) is 3.06. The number of amides is 1. The van der Waals surface area contributed by atoms with Crippen LogP contribution in [0.5, 0.6) is 5.75 Å². The lowest BCUT2D eigenvalue weighted by molar-refractivity contribution is -0.127. The molecule has 1 aliphatic heterocycles. The van der Waals surface area contributed by atoms with Gasteiger partial charge >= 0.3 is 0 Å². The number of ether oxygens (including phenoxy) is 1. The van der Waals surface area contributed by atoms with Crippen LogP contribution in [0.4, 0.5) is 4.39 Å². The average molecular weight is 393 g/mol. The van der Waals surface area contributed by atoms with E-state index in [9.17, 15) is 9.18 Å². The molecule has 1 aliphatic rings. The molecule has 1 amide bonds. The van der Waals surface area contributed by atoms with E-state index in [1.165, 1.54) is 12.1 Å². The molecule has 0 saturated carbocycles. The Labute approximate surface area is 166 Å². The van der Waals surface area contributed by atoms with Crippen LogP contribution in [-0.2, 0) is 17.9 Å². The summed E-state index contributed by atoms with van der Waals surface area (Å²) in [5.74, 6) is 0.850. The largest absolute Gasteiger partial charge is 0.489 e. The molecule has 1 heterocycles. The van der Waals surface area contributed by atoms with Crippen molar-refractivity contribution >= 4 is 18.3 Å². The van der Waals surface area contributed by atoms with Crippen LogP contribution in [0.25, 0.3) is 0 Å². The highest BCUT2D eigenvalue weighted by Gasteiger charge is 2.18. The van der Waals surface area contributed by atoms with Crippen molar-refractivity contribution in [3.63, 3.8) is 0 Å². The molecule has 4 nitrogen and oxygen atoms in total. The normalized spacial score (nSPS) is 13.5. The first-order valence-electron chi connectivity index (χ1n) is 9.15. The van der Waals surface area contributed by atoms with Crippen LogP contribution >= 0.6 is 12.4 Å². The summed E-state index contributed by atoms with van der Waals surface area (Å²) in [5, 5.41) is 3.41. The minimum absolute atomic E-state index is 0. The maximum Gasteiger partial charge on any atom is 0.222 e. The fourth-order valence-corrected chi connectivity index (χ4v) is 3.06. The molecular formula is C21H26ClFN2O2. The van der Waals surface area contributed by atoms with Crippen LogP contribution in [0.2, 0.25) is 0 Å². The third kappa shape index (κ3) is 6.85. The molecule has 2 aromatic rings. The number of benzene rings is 2. The number of carbonyl (C=O) groups is 1. The topological polar surface area (TPSA) is 41.6 Å². The molecule has 6 heteroatoms. The Balaban J connectivity index is 0.00000261. The van der Waals surface area contributed by atoms with Crippen LogP contribution in [0.1, 0.15) is 30.4 Å². The SMILES string of the molecule is Cl.O=C1CCCN1CCCNCc1cccc(OCc2ccc(F)cc2)c1. The van der Waals surface area contributed by atoms with E-state index in [0.29, 0.717) is 13.0 Å². The first-order chi connectivity index (χ1) is 12.7. The summed E-state index contributed by atoms with van der Waals surface area (Å²) in [6.07, 6.45) is 2.67. The van der Waals surface area contributed by atoms with Gasteiger partial charge in [-0.05, 0) is 54.8 Å². The summed E-state index contributed by atoms with van der Waals surface area (Å²) in [5.41, 5.74) is 2.09. The van der Waals surface area contributed by atoms with Crippen molar-refractivity contribution in [1.82, 2.24) is 10.2 Å². The number of hydrogen-bond donors (Lipinski definition) is 1. The number of carbonyl (C=O) groups excluding carboxylic acids is 1. The highest BCUT2D eigenvalue weighted by atomic mass is 35.5. The van der Waals surface area contributed by atoms with E-state index >= 15 is 0 Å². The predicted molar refractivity (Wildman–Crippen MR) is 107 cm³/mol. The van der Waals surface area contributed by atoms with Gasteiger partial charge in [-0.15, -0.1) is 12.4 Å². The lowest BCUT2D eigenvalue weighted by atomic mass is 10.2. The quantitative estimate of drug-likeness (QED) is 0.657. The first kappa shape index (κ1) is 21.2. The number of nitrogens with one attached hydrogen (secondary N) is 1. The van der Waals surface area contributed by atoms with Gasteiger partial charge in [-0.1, -0.05) is 24.3 Å². The number of hydrogen-bond acceptors (Lipinski definition) is 3. The van der Waals surface area contributed by atoms with Crippen molar-refractivity contribution in [2.45, 2.75) is 32.4 Å². The van der Waals surface area contributed by atoms with Crippen molar-refractivity contribution in [3.8, 4) is 5.75 Å². The molecule has 1 fully saturated rings. The van der Waals surface area contributed by atoms with Crippen LogP contribution in [-0.4, -0.2) is 30.4 Å². The molecule has 3 rings (SSSR count). The van der Waals surface area contributed by atoms with Gasteiger partial charge < -0.3 is 15.0 Å². The molecular weight excluding hydrogens is 367 g/mol. The maximum atomic E-state index is 12.9. The minimum Gasteiger partial charge on any atom is -0.489 e. The molecule has 0 bridgehead atoms. The van der Waals surface area contributed by atoms with E-state index in [1.54, 1.807) is 12.1 Å². The Hall–Kier alpha value is -2.11. The van der Waals surface area contributed by atoms with Gasteiger partial charge in [0.15, 0.2) is 0 Å². The molecule has 146 valence electrons. The molecule has 0 unspecified atom stereocenters. The second-order valence-electron chi connectivity index (χ2n) is 6.58. The second kappa shape index (κ2) is 10.9. The molecule has 0 aromatic heterocycles. The summed E-state index contributed by atoms with van der Waals surface area (Å²) in [4.78, 5) is 13.5. The molecule has 0 atom stereocenters. The van der Waals surface area contributed by atoms with Crippen LogP contribution in [0, 0.1) is 5.82 Å². The molecule has 1 N–H and O–H groups in total. The van der Waals surface area contributed by atoms with Gasteiger partial charge in [0.1, 0.15) is 18.2 Å². The number of halogens is 2. The summed E-state index contributed by atoms with van der Waals surface area (Å²) in [6.45, 7) is 3.81. The Bertz CT molecular complexity index is 724. The average Bonchev–Trinajstić information content (AvgIpc) is 3.06. The Morgan fingerprint density at radius 2 is 1.93 bits per heavy atom. The van der Waals surface area contributed by atoms with Gasteiger partial charge in [0.25, 0.3) is 0 Å². The third-order valence-corrected chi connectivity index (χ3v) is 4.50. The third-order valence-electron chi connectivity index (χ3n) is 4.50. The Morgan fingerprint density at radius 3 is 2.67 bits per heavy atom. The standard InChI is InChI=1S/C21H25FN2O2.ClH/c22-19-9-7-17(8-10-19)16-26-20-5-1-4-18(14-20)15-23-11-3-13-24-12-2-6-21(24)25;/h1,4-5,7-10,14,23H,2-3,6,11-13,15-16H2;1H. The monoisotopic (exact) mass is 392 g/mol. The minimum atomic E-state index is -0.240. The lowest BCUT2D eigenvalue weighted by Crippen LogP contribution is -2.28. The van der Waals surface area contributed by atoms with Crippen molar-refractivity contribution in [1.29, 1.82) is 0 Å². The first-order valence-corrected chi connectivity index (χ1v) is 9.15. The molecule has 0 spiro atoms. The molecule has 2 aromatic carbocycles. The van der Waals surface area contributed by atoms with Gasteiger partial charge in [0.05, 0.1) is 0 Å². The predicted octanol–water partition coefficient (Wildman–Crippen LogP) is 3.93. The summed E-state index contributed by atoms with van der Waals surface area (Å²) in [6, 6.07) is 14.3. The van der Waals surface area contributed by atoms with Gasteiger partial charge in [0.2, 0.25) is 5.91 Å². The summed E-state index contributed by atoms with van der Waals surface area (Å²) >= 11 is 0. The van der Waals surface area contributed by atoms with Crippen LogP contribution < -0.4 is 10.1 Å². The zero-order valence-electron chi connectivity index (χ0n) is 15.3. The Kier molecular flexibility index (Phi) is 8.55. The van der Waals surface area contributed by atoms with Gasteiger partial charge in [-0.25, -0.2) is 4.39 Å². The molecule has 0 radical (unpaired) electrons. The van der Waals surface area contributed by atoms with Gasteiger partial charge in [0, 0.05) is 26.1 Å². The van der Waals surface area contributed by atoms with E-state index in [-0.39, 0.29) is 24.1 Å². The van der Waals surface area contributed by atoms with E-state index in [0.717, 1.165) is 55.9 Å². The zero-order chi connectivity index (χ0) is 18.2. The Morgan fingerprint density at radius 1 is 1.11 bits per heavy atom. The van der Waals surface area contributed by atoms with Crippen molar-refractivity contribution in [2.24, 2.45) is 0 Å². The van der Waals surface area contributed by atoms with E-state index in [4.69, 9.17) is 4.74 Å². The molecule has 27 heavy (non-hydrogen) atoms. The summed E-state index contributed by atoms with van der Waals surface area (Å²) < 4.78 is 18.7. The second-order valence-corrected chi connectivity index (χ2v) is 6.58. The van der Waals surface area contributed by atoms with E-state index < -0.39 is 0 Å². The number of nitrogens with zero attached hydrogens (tertiary/aromatic N) is 1.